The van der Waals surface area contributed by atoms with Crippen molar-refractivity contribution >= 4 is 17.6 Å². The second-order valence-electron chi connectivity index (χ2n) is 7.02. The maximum atomic E-state index is 12.7. The van der Waals surface area contributed by atoms with Crippen LogP contribution in [-0.4, -0.2) is 40.7 Å². The van der Waals surface area contributed by atoms with Crippen molar-refractivity contribution in [3.63, 3.8) is 0 Å². The normalized spacial score (nSPS) is 14.2. The zero-order chi connectivity index (χ0) is 19.4. The highest BCUT2D eigenvalue weighted by atomic mass is 16.5. The third-order valence-electron chi connectivity index (χ3n) is 5.00. The Labute approximate surface area is 159 Å². The van der Waals surface area contributed by atoms with E-state index in [4.69, 9.17) is 4.74 Å². The molecule has 1 fully saturated rings. The van der Waals surface area contributed by atoms with Crippen molar-refractivity contribution in [3.8, 4) is 5.75 Å². The van der Waals surface area contributed by atoms with Crippen LogP contribution in [0.5, 0.6) is 5.75 Å². The van der Waals surface area contributed by atoms with Crippen molar-refractivity contribution in [2.75, 3.05) is 19.5 Å². The van der Waals surface area contributed by atoms with E-state index >= 15 is 0 Å². The number of hydrogen-bond donors (Lipinski definition) is 1. The Morgan fingerprint density at radius 3 is 2.56 bits per heavy atom. The van der Waals surface area contributed by atoms with Crippen molar-refractivity contribution in [3.05, 3.63) is 41.6 Å². The summed E-state index contributed by atoms with van der Waals surface area (Å²) in [6.45, 7) is 0.461. The average molecular weight is 370 g/mol. The van der Waals surface area contributed by atoms with Crippen LogP contribution in [0, 0.1) is 5.92 Å². The predicted molar refractivity (Wildman–Crippen MR) is 103 cm³/mol. The van der Waals surface area contributed by atoms with E-state index in [1.165, 1.54) is 0 Å². The summed E-state index contributed by atoms with van der Waals surface area (Å²) in [5, 5.41) is 7.18. The van der Waals surface area contributed by atoms with E-state index in [-0.39, 0.29) is 17.7 Å². The number of anilines is 1. The number of aromatic nitrogens is 2. The van der Waals surface area contributed by atoms with Gasteiger partial charge in [0, 0.05) is 32.6 Å². The molecule has 1 saturated carbocycles. The minimum Gasteiger partial charge on any atom is -0.497 e. The molecule has 0 saturated heterocycles. The molecule has 2 aromatic rings. The van der Waals surface area contributed by atoms with Gasteiger partial charge in [0.1, 0.15) is 11.6 Å². The number of ether oxygens (including phenoxy) is 1. The summed E-state index contributed by atoms with van der Waals surface area (Å²) in [4.78, 5) is 26.6. The molecule has 1 aliphatic carbocycles. The number of carbonyl (C=O) groups is 2. The van der Waals surface area contributed by atoms with E-state index in [9.17, 15) is 9.59 Å². The molecule has 0 atom stereocenters. The maximum Gasteiger partial charge on any atom is 0.274 e. The van der Waals surface area contributed by atoms with Crippen LogP contribution in [0.3, 0.4) is 0 Å². The molecule has 0 spiro atoms. The van der Waals surface area contributed by atoms with Gasteiger partial charge in [-0.15, -0.1) is 0 Å². The van der Waals surface area contributed by atoms with Crippen LogP contribution >= 0.6 is 0 Å². The molecule has 27 heavy (non-hydrogen) atoms. The van der Waals surface area contributed by atoms with Gasteiger partial charge < -0.3 is 15.0 Å². The fourth-order valence-electron chi connectivity index (χ4n) is 3.38. The van der Waals surface area contributed by atoms with Crippen molar-refractivity contribution in [1.82, 2.24) is 14.7 Å². The van der Waals surface area contributed by atoms with E-state index in [1.807, 2.05) is 24.3 Å². The number of methoxy groups -OCH3 is 1. The van der Waals surface area contributed by atoms with Crippen LogP contribution in [0.25, 0.3) is 0 Å². The predicted octanol–water partition coefficient (Wildman–Crippen LogP) is 2.83. The molecule has 144 valence electrons. The van der Waals surface area contributed by atoms with Gasteiger partial charge in [0.25, 0.3) is 5.91 Å². The SMILES string of the molecule is COc1ccc(CN(C)C(=O)c2cc(NC(=O)C3CCCC3)n(C)n2)cc1. The third-order valence-corrected chi connectivity index (χ3v) is 5.00. The fraction of sp³-hybridized carbons (Fsp3) is 0.450. The standard InChI is InChI=1S/C20H26N4O3/c1-23(13-14-8-10-16(27-3)11-9-14)20(26)17-12-18(24(2)22-17)21-19(25)15-6-4-5-7-15/h8-12,15H,4-7,13H2,1-3H3,(H,21,25). The first-order valence-corrected chi connectivity index (χ1v) is 9.21. The lowest BCUT2D eigenvalue weighted by molar-refractivity contribution is -0.119. The quantitative estimate of drug-likeness (QED) is 0.848. The lowest BCUT2D eigenvalue weighted by Gasteiger charge is -2.16. The van der Waals surface area contributed by atoms with Gasteiger partial charge in [0.05, 0.1) is 7.11 Å². The van der Waals surface area contributed by atoms with Gasteiger partial charge in [0.2, 0.25) is 5.91 Å². The molecular weight excluding hydrogens is 344 g/mol. The average Bonchev–Trinajstić information content (AvgIpc) is 3.32. The molecule has 0 aliphatic heterocycles. The number of nitrogens with zero attached hydrogens (tertiary/aromatic N) is 3. The number of rotatable bonds is 6. The van der Waals surface area contributed by atoms with Gasteiger partial charge in [-0.3, -0.25) is 14.3 Å². The van der Waals surface area contributed by atoms with Gasteiger partial charge in [-0.2, -0.15) is 5.10 Å². The van der Waals surface area contributed by atoms with Crippen molar-refractivity contribution in [2.24, 2.45) is 13.0 Å². The summed E-state index contributed by atoms with van der Waals surface area (Å²) in [7, 11) is 5.08. The topological polar surface area (TPSA) is 76.5 Å². The highest BCUT2D eigenvalue weighted by molar-refractivity contribution is 5.96. The van der Waals surface area contributed by atoms with E-state index in [0.29, 0.717) is 18.1 Å². The molecule has 7 heteroatoms. The van der Waals surface area contributed by atoms with E-state index in [1.54, 1.807) is 36.9 Å². The molecule has 2 amide bonds. The highest BCUT2D eigenvalue weighted by Gasteiger charge is 2.24. The Morgan fingerprint density at radius 1 is 1.26 bits per heavy atom. The Morgan fingerprint density at radius 2 is 1.93 bits per heavy atom. The summed E-state index contributed by atoms with van der Waals surface area (Å²) in [5.74, 6) is 1.22. The second kappa shape index (κ2) is 8.24. The van der Waals surface area contributed by atoms with Gasteiger partial charge in [-0.1, -0.05) is 25.0 Å². The molecule has 1 N–H and O–H groups in total. The van der Waals surface area contributed by atoms with Crippen molar-refractivity contribution in [1.29, 1.82) is 0 Å². The summed E-state index contributed by atoms with van der Waals surface area (Å²) < 4.78 is 6.69. The molecule has 0 unspecified atom stereocenters. The molecule has 0 radical (unpaired) electrons. The summed E-state index contributed by atoms with van der Waals surface area (Å²) in [6.07, 6.45) is 4.06. The molecular formula is C20H26N4O3. The van der Waals surface area contributed by atoms with Crippen LogP contribution in [0.15, 0.2) is 30.3 Å². The zero-order valence-corrected chi connectivity index (χ0v) is 16.1. The van der Waals surface area contributed by atoms with Crippen LogP contribution < -0.4 is 10.1 Å². The Balaban J connectivity index is 1.64. The second-order valence-corrected chi connectivity index (χ2v) is 7.02. The number of carbonyl (C=O) groups excluding carboxylic acids is 2. The molecule has 1 aromatic heterocycles. The molecule has 0 bridgehead atoms. The number of amides is 2. The van der Waals surface area contributed by atoms with Gasteiger partial charge in [-0.05, 0) is 30.5 Å². The van der Waals surface area contributed by atoms with Crippen molar-refractivity contribution < 1.29 is 14.3 Å². The molecule has 3 rings (SSSR count). The van der Waals surface area contributed by atoms with Crippen LogP contribution in [0.2, 0.25) is 0 Å². The minimum atomic E-state index is -0.192. The number of hydrogen-bond acceptors (Lipinski definition) is 4. The van der Waals surface area contributed by atoms with E-state index in [2.05, 4.69) is 10.4 Å². The van der Waals surface area contributed by atoms with Gasteiger partial charge in [-0.25, -0.2) is 0 Å². The first-order valence-electron chi connectivity index (χ1n) is 9.21. The van der Waals surface area contributed by atoms with Crippen molar-refractivity contribution in [2.45, 2.75) is 32.2 Å². The smallest absolute Gasteiger partial charge is 0.274 e. The van der Waals surface area contributed by atoms with E-state index < -0.39 is 0 Å². The van der Waals surface area contributed by atoms with Gasteiger partial charge >= 0.3 is 0 Å². The number of aryl methyl sites for hydroxylation is 1. The van der Waals surface area contributed by atoms with Gasteiger partial charge in [0.15, 0.2) is 5.69 Å². The monoisotopic (exact) mass is 370 g/mol. The summed E-state index contributed by atoms with van der Waals surface area (Å²) in [6, 6.07) is 9.22. The Hall–Kier alpha value is -2.83. The molecule has 1 heterocycles. The summed E-state index contributed by atoms with van der Waals surface area (Å²) in [5.41, 5.74) is 1.31. The van der Waals surface area contributed by atoms with Crippen LogP contribution in [0.4, 0.5) is 5.82 Å². The molecule has 1 aliphatic rings. The fourth-order valence-corrected chi connectivity index (χ4v) is 3.38. The largest absolute Gasteiger partial charge is 0.497 e. The lowest BCUT2D eigenvalue weighted by Crippen LogP contribution is -2.26. The number of nitrogens with one attached hydrogen (secondary N) is 1. The molecule has 7 nitrogen and oxygen atoms in total. The Kier molecular flexibility index (Phi) is 5.78. The minimum absolute atomic E-state index is 0.0149. The van der Waals surface area contributed by atoms with Crippen LogP contribution in [0.1, 0.15) is 41.7 Å². The zero-order valence-electron chi connectivity index (χ0n) is 16.1. The lowest BCUT2D eigenvalue weighted by atomic mass is 10.1. The maximum absolute atomic E-state index is 12.7. The highest BCUT2D eigenvalue weighted by Crippen LogP contribution is 2.26. The molecule has 1 aromatic carbocycles. The van der Waals surface area contributed by atoms with E-state index in [0.717, 1.165) is 37.0 Å². The number of benzene rings is 1. The third kappa shape index (κ3) is 4.48. The summed E-state index contributed by atoms with van der Waals surface area (Å²) >= 11 is 0. The Bertz CT molecular complexity index is 807. The first kappa shape index (κ1) is 18.9. The van der Waals surface area contributed by atoms with Crippen LogP contribution in [-0.2, 0) is 18.4 Å². The first-order chi connectivity index (χ1) is 13.0.